The van der Waals surface area contributed by atoms with Gasteiger partial charge in [0.1, 0.15) is 0 Å². The van der Waals surface area contributed by atoms with Crippen LogP contribution in [0.4, 0.5) is 0 Å². The maximum Gasteiger partial charge on any atom is 0.225 e. The number of likely N-dealkylation sites (N-methyl/N-ethyl adjacent to an activating group) is 1. The van der Waals surface area contributed by atoms with Crippen molar-refractivity contribution in [1.82, 2.24) is 15.1 Å². The molecule has 1 saturated carbocycles. The Morgan fingerprint density at radius 2 is 1.76 bits per heavy atom. The molecule has 1 saturated heterocycles. The van der Waals surface area contributed by atoms with E-state index < -0.39 is 0 Å². The zero-order valence-corrected chi connectivity index (χ0v) is 17.5. The molecule has 2 amide bonds. The van der Waals surface area contributed by atoms with Crippen LogP contribution in [0.15, 0.2) is 24.3 Å². The first-order chi connectivity index (χ1) is 14.0. The molecule has 1 heterocycles. The second-order valence-corrected chi connectivity index (χ2v) is 8.24. The van der Waals surface area contributed by atoms with E-state index in [1.165, 1.54) is 0 Å². The van der Waals surface area contributed by atoms with Crippen molar-refractivity contribution in [2.75, 3.05) is 40.3 Å². The van der Waals surface area contributed by atoms with Gasteiger partial charge < -0.3 is 25.0 Å². The molecule has 7 nitrogen and oxygen atoms in total. The van der Waals surface area contributed by atoms with Gasteiger partial charge in [0, 0.05) is 39.2 Å². The van der Waals surface area contributed by atoms with Crippen LogP contribution in [0.3, 0.4) is 0 Å². The molecule has 7 heteroatoms. The number of aliphatic hydroxyl groups is 1. The maximum absolute atomic E-state index is 13.0. The van der Waals surface area contributed by atoms with Gasteiger partial charge in [-0.3, -0.25) is 9.59 Å². The van der Waals surface area contributed by atoms with Crippen molar-refractivity contribution in [1.29, 1.82) is 0 Å². The van der Waals surface area contributed by atoms with Crippen LogP contribution >= 0.6 is 0 Å². The topological polar surface area (TPSA) is 82.1 Å². The number of benzene rings is 1. The van der Waals surface area contributed by atoms with Gasteiger partial charge in [-0.25, -0.2) is 0 Å². The van der Waals surface area contributed by atoms with Gasteiger partial charge in [0.25, 0.3) is 0 Å². The summed E-state index contributed by atoms with van der Waals surface area (Å²) in [6, 6.07) is 7.22. The predicted octanol–water partition coefficient (Wildman–Crippen LogP) is 0.795. The van der Waals surface area contributed by atoms with E-state index in [2.05, 4.69) is 17.3 Å². The quantitative estimate of drug-likeness (QED) is 0.734. The van der Waals surface area contributed by atoms with Crippen LogP contribution in [0, 0.1) is 5.92 Å². The van der Waals surface area contributed by atoms with Crippen LogP contribution in [-0.4, -0.2) is 79.2 Å². The monoisotopic (exact) mass is 403 g/mol. The summed E-state index contributed by atoms with van der Waals surface area (Å²) in [5.74, 6) is 0.0898. The summed E-state index contributed by atoms with van der Waals surface area (Å²) >= 11 is 0. The fourth-order valence-electron chi connectivity index (χ4n) is 4.29. The Kier molecular flexibility index (Phi) is 7.64. The molecule has 0 bridgehead atoms. The van der Waals surface area contributed by atoms with Crippen molar-refractivity contribution in [2.24, 2.45) is 5.92 Å². The molecule has 29 heavy (non-hydrogen) atoms. The van der Waals surface area contributed by atoms with Gasteiger partial charge in [-0.05, 0) is 37.4 Å². The third kappa shape index (κ3) is 5.78. The van der Waals surface area contributed by atoms with Crippen LogP contribution < -0.4 is 5.32 Å². The number of aliphatic hydroxyl groups excluding tert-OH is 1. The predicted molar refractivity (Wildman–Crippen MR) is 110 cm³/mol. The van der Waals surface area contributed by atoms with Crippen LogP contribution in [0.25, 0.3) is 0 Å². The number of nitrogens with one attached hydrogen (secondary N) is 1. The van der Waals surface area contributed by atoms with Gasteiger partial charge in [0.15, 0.2) is 0 Å². The molecule has 1 aromatic rings. The normalized spacial score (nSPS) is 25.6. The van der Waals surface area contributed by atoms with Gasteiger partial charge in [-0.15, -0.1) is 0 Å². The largest absolute Gasteiger partial charge is 0.392 e. The second kappa shape index (κ2) is 10.2. The molecule has 0 radical (unpaired) electrons. The molecule has 0 aromatic heterocycles. The number of hydrogen-bond acceptors (Lipinski definition) is 5. The minimum atomic E-state index is -0.153. The molecule has 1 aliphatic heterocycles. The minimum absolute atomic E-state index is 0.00715. The average molecular weight is 404 g/mol. The summed E-state index contributed by atoms with van der Waals surface area (Å²) in [7, 11) is 3.74. The van der Waals surface area contributed by atoms with Crippen molar-refractivity contribution in [3.8, 4) is 0 Å². The number of carbonyl (C=O) groups excluding carboxylic acids is 2. The lowest BCUT2D eigenvalue weighted by atomic mass is 9.82. The van der Waals surface area contributed by atoms with Crippen molar-refractivity contribution in [2.45, 2.75) is 44.4 Å². The van der Waals surface area contributed by atoms with Crippen molar-refractivity contribution in [3.63, 3.8) is 0 Å². The third-order valence-electron chi connectivity index (χ3n) is 6.17. The van der Waals surface area contributed by atoms with Crippen LogP contribution in [0.5, 0.6) is 0 Å². The first-order valence-corrected chi connectivity index (χ1v) is 10.5. The maximum atomic E-state index is 13.0. The number of nitrogens with zero attached hydrogens (tertiary/aromatic N) is 2. The molecule has 2 N–H and O–H groups in total. The Morgan fingerprint density at radius 1 is 1.10 bits per heavy atom. The molecule has 0 unspecified atom stereocenters. The summed E-state index contributed by atoms with van der Waals surface area (Å²) in [6.45, 7) is 3.37. The lowest BCUT2D eigenvalue weighted by Gasteiger charge is -2.39. The number of carbonyl (C=O) groups is 2. The summed E-state index contributed by atoms with van der Waals surface area (Å²) in [4.78, 5) is 29.8. The van der Waals surface area contributed by atoms with Crippen LogP contribution in [0.1, 0.15) is 30.4 Å². The molecule has 2 fully saturated rings. The second-order valence-electron chi connectivity index (χ2n) is 8.24. The summed E-state index contributed by atoms with van der Waals surface area (Å²) < 4.78 is 5.60. The highest BCUT2D eigenvalue weighted by Gasteiger charge is 2.37. The molecule has 1 aliphatic carbocycles. The van der Waals surface area contributed by atoms with E-state index in [1.54, 1.807) is 7.11 Å². The van der Waals surface area contributed by atoms with Crippen LogP contribution in [0.2, 0.25) is 0 Å². The van der Waals surface area contributed by atoms with E-state index in [9.17, 15) is 9.59 Å². The highest BCUT2D eigenvalue weighted by atomic mass is 16.5. The average Bonchev–Trinajstić information content (AvgIpc) is 2.74. The van der Waals surface area contributed by atoms with Crippen molar-refractivity contribution >= 4 is 11.8 Å². The number of hydrogen-bond donors (Lipinski definition) is 2. The molecule has 2 aliphatic rings. The Labute approximate surface area is 173 Å². The number of amides is 2. The Hall–Kier alpha value is -1.96. The van der Waals surface area contributed by atoms with E-state index >= 15 is 0 Å². The van der Waals surface area contributed by atoms with Gasteiger partial charge in [-0.2, -0.15) is 0 Å². The number of rotatable bonds is 6. The van der Waals surface area contributed by atoms with Crippen LogP contribution in [-0.2, 0) is 27.4 Å². The van der Waals surface area contributed by atoms with Gasteiger partial charge in [0.2, 0.25) is 11.8 Å². The lowest BCUT2D eigenvalue weighted by Crippen LogP contribution is -2.53. The SMILES string of the molecule is CO[C@@H]1CC[C@H](C(=O)N2CCN(C)CC2)C[C@H]1NC(=O)Cc1ccc(CO)cc1. The van der Waals surface area contributed by atoms with E-state index in [4.69, 9.17) is 9.84 Å². The zero-order chi connectivity index (χ0) is 20.8. The standard InChI is InChI=1S/C22H33N3O4/c1-24-9-11-25(12-10-24)22(28)18-7-8-20(29-2)19(14-18)23-21(27)13-16-3-5-17(15-26)6-4-16/h3-6,18-20,26H,7-15H2,1-2H3,(H,23,27)/t18-,19+,20+/m0/s1. The number of methoxy groups -OCH3 is 1. The summed E-state index contributed by atoms with van der Waals surface area (Å²) in [5, 5.41) is 12.2. The molecule has 1 aromatic carbocycles. The van der Waals surface area contributed by atoms with Gasteiger partial charge >= 0.3 is 0 Å². The number of piperazine rings is 1. The Morgan fingerprint density at radius 3 is 2.38 bits per heavy atom. The van der Waals surface area contributed by atoms with Gasteiger partial charge in [0.05, 0.1) is 25.2 Å². The minimum Gasteiger partial charge on any atom is -0.392 e. The lowest BCUT2D eigenvalue weighted by molar-refractivity contribution is -0.140. The highest BCUT2D eigenvalue weighted by Crippen LogP contribution is 2.28. The van der Waals surface area contributed by atoms with Gasteiger partial charge in [-0.1, -0.05) is 24.3 Å². The molecular formula is C22H33N3O4. The molecule has 160 valence electrons. The van der Waals surface area contributed by atoms with E-state index in [-0.39, 0.29) is 42.9 Å². The third-order valence-corrected chi connectivity index (χ3v) is 6.17. The first kappa shape index (κ1) is 21.7. The smallest absolute Gasteiger partial charge is 0.225 e. The van der Waals surface area contributed by atoms with E-state index in [1.807, 2.05) is 29.2 Å². The summed E-state index contributed by atoms with van der Waals surface area (Å²) in [5.41, 5.74) is 1.72. The fraction of sp³-hybridized carbons (Fsp3) is 0.636. The van der Waals surface area contributed by atoms with E-state index in [0.717, 1.165) is 50.1 Å². The molecule has 3 atom stereocenters. The Bertz CT molecular complexity index is 686. The molecule has 3 rings (SSSR count). The number of ether oxygens (including phenoxy) is 1. The Balaban J connectivity index is 1.57. The fourth-order valence-corrected chi connectivity index (χ4v) is 4.29. The zero-order valence-electron chi connectivity index (χ0n) is 17.5. The van der Waals surface area contributed by atoms with Crippen molar-refractivity contribution in [3.05, 3.63) is 35.4 Å². The summed E-state index contributed by atoms with van der Waals surface area (Å²) in [6.07, 6.45) is 2.41. The molecular weight excluding hydrogens is 370 g/mol. The first-order valence-electron chi connectivity index (χ1n) is 10.5. The highest BCUT2D eigenvalue weighted by molar-refractivity contribution is 5.80. The van der Waals surface area contributed by atoms with E-state index in [0.29, 0.717) is 6.42 Å². The molecule has 0 spiro atoms. The van der Waals surface area contributed by atoms with Crippen molar-refractivity contribution < 1.29 is 19.4 Å².